The monoisotopic (exact) mass is 359 g/mol. The molecule has 2 heterocycles. The number of nitrogens with zero attached hydrogens (tertiary/aromatic N) is 1. The van der Waals surface area contributed by atoms with Gasteiger partial charge in [0.15, 0.2) is 5.82 Å². The van der Waals surface area contributed by atoms with Gasteiger partial charge in [0.25, 0.3) is 0 Å². The zero-order chi connectivity index (χ0) is 18.5. The molecule has 26 heavy (non-hydrogen) atoms. The molecule has 0 saturated carbocycles. The maximum Gasteiger partial charge on any atom is 0.250 e. The molecule has 0 spiro atoms. The number of pyridine rings is 1. The largest absolute Gasteiger partial charge is 0.490 e. The summed E-state index contributed by atoms with van der Waals surface area (Å²) in [5.41, 5.74) is 9.10. The van der Waals surface area contributed by atoms with Crippen molar-refractivity contribution in [2.45, 2.75) is 13.3 Å². The molecule has 3 N–H and O–H groups in total. The number of halogens is 1. The summed E-state index contributed by atoms with van der Waals surface area (Å²) in [5, 5.41) is 1.12. The third kappa shape index (κ3) is 3.88. The zero-order valence-electron chi connectivity index (χ0n) is 14.8. The number of ether oxygens (including phenoxy) is 3. The van der Waals surface area contributed by atoms with E-state index in [0.717, 1.165) is 28.8 Å². The van der Waals surface area contributed by atoms with Crippen LogP contribution in [0.25, 0.3) is 10.9 Å². The summed E-state index contributed by atoms with van der Waals surface area (Å²) in [6.07, 6.45) is 2.23. The topological polar surface area (TPSA) is 82.4 Å². The number of H-pyrrole nitrogens is 1. The molecule has 0 aliphatic carbocycles. The average molecular weight is 359 g/mol. The first-order chi connectivity index (χ1) is 12.6. The van der Waals surface area contributed by atoms with E-state index in [4.69, 9.17) is 19.9 Å². The molecular weight excluding hydrogens is 337 g/mol. The summed E-state index contributed by atoms with van der Waals surface area (Å²) in [4.78, 5) is 7.17. The number of aromatic amines is 1. The van der Waals surface area contributed by atoms with E-state index in [1.165, 1.54) is 24.9 Å². The van der Waals surface area contributed by atoms with Crippen LogP contribution in [-0.4, -0.2) is 36.8 Å². The molecule has 0 amide bonds. The second-order valence-corrected chi connectivity index (χ2v) is 5.83. The summed E-state index contributed by atoms with van der Waals surface area (Å²) in [6, 6.07) is 7.12. The first-order valence-electron chi connectivity index (χ1n) is 8.38. The van der Waals surface area contributed by atoms with Crippen LogP contribution in [0, 0.1) is 12.7 Å². The third-order valence-corrected chi connectivity index (χ3v) is 4.08. The van der Waals surface area contributed by atoms with Gasteiger partial charge in [0.2, 0.25) is 5.88 Å². The van der Waals surface area contributed by atoms with E-state index >= 15 is 0 Å². The average Bonchev–Trinajstić information content (AvgIpc) is 2.94. The second kappa shape index (κ2) is 8.05. The van der Waals surface area contributed by atoms with Gasteiger partial charge < -0.3 is 24.9 Å². The highest BCUT2D eigenvalue weighted by atomic mass is 19.1. The van der Waals surface area contributed by atoms with Crippen LogP contribution < -0.4 is 19.9 Å². The van der Waals surface area contributed by atoms with Crippen molar-refractivity contribution in [2.75, 3.05) is 26.9 Å². The Balaban J connectivity index is 1.59. The van der Waals surface area contributed by atoms with Crippen LogP contribution in [0.2, 0.25) is 0 Å². The van der Waals surface area contributed by atoms with Crippen molar-refractivity contribution >= 4 is 10.9 Å². The highest BCUT2D eigenvalue weighted by Gasteiger charge is 2.09. The highest BCUT2D eigenvalue weighted by molar-refractivity contribution is 5.86. The molecule has 0 saturated heterocycles. The Kier molecular flexibility index (Phi) is 5.58. The van der Waals surface area contributed by atoms with E-state index in [-0.39, 0.29) is 12.5 Å². The van der Waals surface area contributed by atoms with Gasteiger partial charge in [-0.1, -0.05) is 0 Å². The SMILES string of the molecule is COc1ncc(OCCOc2ccc3[nH]c(C)c(CCN)c3c2)cc1F. The molecule has 0 bridgehead atoms. The van der Waals surface area contributed by atoms with Gasteiger partial charge in [-0.25, -0.2) is 9.37 Å². The third-order valence-electron chi connectivity index (χ3n) is 4.08. The Hall–Kier alpha value is -2.80. The number of nitrogens with two attached hydrogens (primary N) is 1. The molecule has 0 fully saturated rings. The summed E-state index contributed by atoms with van der Waals surface area (Å²) in [6.45, 7) is 3.24. The van der Waals surface area contributed by atoms with E-state index in [1.54, 1.807) is 0 Å². The van der Waals surface area contributed by atoms with Crippen molar-refractivity contribution in [1.29, 1.82) is 0 Å². The van der Waals surface area contributed by atoms with Crippen LogP contribution in [0.3, 0.4) is 0 Å². The Labute approximate surface area is 151 Å². The Bertz CT molecular complexity index is 895. The molecule has 0 aliphatic rings. The fraction of sp³-hybridized carbons (Fsp3) is 0.316. The number of aromatic nitrogens is 2. The van der Waals surface area contributed by atoms with Gasteiger partial charge in [-0.3, -0.25) is 0 Å². The second-order valence-electron chi connectivity index (χ2n) is 5.83. The van der Waals surface area contributed by atoms with Gasteiger partial charge in [-0.15, -0.1) is 0 Å². The fourth-order valence-corrected chi connectivity index (χ4v) is 2.87. The smallest absolute Gasteiger partial charge is 0.250 e. The van der Waals surface area contributed by atoms with Crippen molar-refractivity contribution in [3.63, 3.8) is 0 Å². The maximum absolute atomic E-state index is 13.6. The van der Waals surface area contributed by atoms with Crippen LogP contribution in [0.15, 0.2) is 30.5 Å². The Morgan fingerprint density at radius 3 is 2.62 bits per heavy atom. The predicted molar refractivity (Wildman–Crippen MR) is 97.5 cm³/mol. The first kappa shape index (κ1) is 18.0. The number of nitrogens with one attached hydrogen (secondary N) is 1. The molecule has 0 unspecified atom stereocenters. The maximum atomic E-state index is 13.6. The molecule has 6 nitrogen and oxygen atoms in total. The normalized spacial score (nSPS) is 10.9. The van der Waals surface area contributed by atoms with Crippen LogP contribution in [0.4, 0.5) is 4.39 Å². The Morgan fingerprint density at radius 2 is 1.92 bits per heavy atom. The number of rotatable bonds is 8. The van der Waals surface area contributed by atoms with Crippen molar-refractivity contribution in [1.82, 2.24) is 9.97 Å². The molecule has 0 radical (unpaired) electrons. The lowest BCUT2D eigenvalue weighted by molar-refractivity contribution is 0.215. The standard InChI is InChI=1S/C19H22FN3O3/c1-12-15(5-6-21)16-9-13(3-4-18(16)23-12)25-7-8-26-14-10-17(20)19(24-2)22-11-14/h3-4,9-11,23H,5-8,21H2,1-2H3. The van der Waals surface area contributed by atoms with E-state index in [0.29, 0.717) is 18.9 Å². The van der Waals surface area contributed by atoms with E-state index in [1.807, 2.05) is 25.1 Å². The molecule has 3 aromatic rings. The molecule has 2 aromatic heterocycles. The summed E-state index contributed by atoms with van der Waals surface area (Å²) in [7, 11) is 1.36. The van der Waals surface area contributed by atoms with Crippen LogP contribution >= 0.6 is 0 Å². The fourth-order valence-electron chi connectivity index (χ4n) is 2.87. The van der Waals surface area contributed by atoms with Gasteiger partial charge in [-0.05, 0) is 43.7 Å². The molecule has 7 heteroatoms. The van der Waals surface area contributed by atoms with Gasteiger partial charge >= 0.3 is 0 Å². The minimum absolute atomic E-state index is 0.0583. The van der Waals surface area contributed by atoms with Crippen molar-refractivity contribution in [3.05, 3.63) is 47.5 Å². The summed E-state index contributed by atoms with van der Waals surface area (Å²) < 4.78 is 29.5. The zero-order valence-corrected chi connectivity index (χ0v) is 14.8. The molecule has 1 aromatic carbocycles. The first-order valence-corrected chi connectivity index (χ1v) is 8.38. The summed E-state index contributed by atoms with van der Waals surface area (Å²) >= 11 is 0. The van der Waals surface area contributed by atoms with E-state index in [2.05, 4.69) is 9.97 Å². The molecule has 3 rings (SSSR count). The van der Waals surface area contributed by atoms with Crippen LogP contribution in [-0.2, 0) is 6.42 Å². The lowest BCUT2D eigenvalue weighted by Gasteiger charge is -2.09. The van der Waals surface area contributed by atoms with Gasteiger partial charge in [-0.2, -0.15) is 0 Å². The number of hydrogen-bond acceptors (Lipinski definition) is 5. The van der Waals surface area contributed by atoms with Crippen molar-refractivity contribution < 1.29 is 18.6 Å². The van der Waals surface area contributed by atoms with Gasteiger partial charge in [0.1, 0.15) is 24.7 Å². The molecule has 0 aliphatic heterocycles. The van der Waals surface area contributed by atoms with Gasteiger partial charge in [0.05, 0.1) is 13.3 Å². The number of fused-ring (bicyclic) bond motifs is 1. The molecule has 0 atom stereocenters. The lowest BCUT2D eigenvalue weighted by atomic mass is 10.1. The summed E-state index contributed by atoms with van der Waals surface area (Å²) in [5.74, 6) is 0.454. The molecule has 138 valence electrons. The Morgan fingerprint density at radius 1 is 1.15 bits per heavy atom. The number of methoxy groups -OCH3 is 1. The number of aryl methyl sites for hydroxylation is 1. The number of hydrogen-bond donors (Lipinski definition) is 2. The minimum atomic E-state index is -0.563. The van der Waals surface area contributed by atoms with E-state index < -0.39 is 5.82 Å². The van der Waals surface area contributed by atoms with Crippen LogP contribution in [0.5, 0.6) is 17.4 Å². The van der Waals surface area contributed by atoms with Crippen molar-refractivity contribution in [3.8, 4) is 17.4 Å². The molecular formula is C19H22FN3O3. The minimum Gasteiger partial charge on any atom is -0.490 e. The van der Waals surface area contributed by atoms with Crippen molar-refractivity contribution in [2.24, 2.45) is 5.73 Å². The number of benzene rings is 1. The quantitative estimate of drug-likeness (QED) is 0.604. The van der Waals surface area contributed by atoms with E-state index in [9.17, 15) is 4.39 Å². The predicted octanol–water partition coefficient (Wildman–Crippen LogP) is 2.98. The lowest BCUT2D eigenvalue weighted by Crippen LogP contribution is -2.09. The van der Waals surface area contributed by atoms with Gasteiger partial charge in [0, 0.05) is 22.7 Å². The van der Waals surface area contributed by atoms with Crippen LogP contribution in [0.1, 0.15) is 11.3 Å². The highest BCUT2D eigenvalue weighted by Crippen LogP contribution is 2.26.